The lowest BCUT2D eigenvalue weighted by atomic mass is 10.1. The topological polar surface area (TPSA) is 143 Å². The zero-order valence-corrected chi connectivity index (χ0v) is 18.5. The minimum Gasteiger partial charge on any atom is -0.369 e. The third-order valence-electron chi connectivity index (χ3n) is 6.83. The minimum absolute atomic E-state index is 0.0680. The van der Waals surface area contributed by atoms with Crippen LogP contribution >= 0.6 is 0 Å². The molecule has 13 heteroatoms. The molecule has 6 rings (SSSR count). The number of H-pyrrole nitrogens is 1. The van der Waals surface area contributed by atoms with Gasteiger partial charge in [-0.05, 0) is 43.6 Å². The maximum Gasteiger partial charge on any atom is 0.319 e. The highest BCUT2D eigenvalue weighted by Crippen LogP contribution is 2.33. The molecule has 5 heterocycles. The van der Waals surface area contributed by atoms with E-state index in [1.165, 1.54) is 23.7 Å². The fraction of sp³-hybridized carbons (Fsp3) is 0.476. The Labute approximate surface area is 192 Å². The van der Waals surface area contributed by atoms with Crippen molar-refractivity contribution in [1.82, 2.24) is 19.9 Å². The largest absolute Gasteiger partial charge is 0.369 e. The van der Waals surface area contributed by atoms with Gasteiger partial charge in [-0.25, -0.2) is 0 Å². The van der Waals surface area contributed by atoms with Crippen molar-refractivity contribution in [2.45, 2.75) is 38.5 Å². The van der Waals surface area contributed by atoms with Gasteiger partial charge in [-0.15, -0.1) is 9.50 Å². The summed E-state index contributed by atoms with van der Waals surface area (Å²) in [6.45, 7) is 3.70. The highest BCUT2D eigenvalue weighted by atomic mass is 16.6. The van der Waals surface area contributed by atoms with E-state index in [1.807, 2.05) is 0 Å². The van der Waals surface area contributed by atoms with Gasteiger partial charge in [0.25, 0.3) is 16.9 Å². The van der Waals surface area contributed by atoms with Gasteiger partial charge in [0.05, 0.1) is 27.7 Å². The lowest BCUT2D eigenvalue weighted by Crippen LogP contribution is -2.33. The molecule has 0 saturated carbocycles. The summed E-state index contributed by atoms with van der Waals surface area (Å²) in [4.78, 5) is 31.4. The summed E-state index contributed by atoms with van der Waals surface area (Å²) in [6, 6.07) is 4.38. The summed E-state index contributed by atoms with van der Waals surface area (Å²) in [5, 5.41) is 30.8. The third-order valence-corrected chi connectivity index (χ3v) is 6.83. The molecule has 2 aliphatic heterocycles. The van der Waals surface area contributed by atoms with Gasteiger partial charge in [-0.3, -0.25) is 20.2 Å². The maximum absolute atomic E-state index is 11.7. The van der Waals surface area contributed by atoms with Crippen molar-refractivity contribution in [3.8, 4) is 0 Å². The molecule has 0 atom stereocenters. The van der Waals surface area contributed by atoms with Crippen LogP contribution in [-0.4, -0.2) is 56.0 Å². The number of fused-ring (bicyclic) bond motifs is 5. The number of nitro groups is 2. The van der Waals surface area contributed by atoms with Crippen LogP contribution in [0.15, 0.2) is 18.2 Å². The van der Waals surface area contributed by atoms with Gasteiger partial charge < -0.3 is 9.80 Å². The van der Waals surface area contributed by atoms with Gasteiger partial charge in [0.15, 0.2) is 16.9 Å². The lowest BCUT2D eigenvalue weighted by Gasteiger charge is -2.30. The van der Waals surface area contributed by atoms with Crippen LogP contribution in [-0.2, 0) is 0 Å². The first kappa shape index (κ1) is 20.6. The second kappa shape index (κ2) is 7.78. The second-order valence-corrected chi connectivity index (χ2v) is 8.95. The summed E-state index contributed by atoms with van der Waals surface area (Å²) in [6.07, 6.45) is 6.81. The maximum atomic E-state index is 11.7. The SMILES string of the molecule is O=[N+]([O-])c1cc([N+](=O)[O-])c2nn3[nH]c4c(N5CCCCC5)cc(N5CCCCC5)nc4[n+]3c2c1. The molecule has 1 N–H and O–H groups in total. The average molecular weight is 466 g/mol. The quantitative estimate of drug-likeness (QED) is 0.275. The van der Waals surface area contributed by atoms with Crippen LogP contribution < -0.4 is 14.3 Å². The molecule has 0 unspecified atom stereocenters. The predicted octanol–water partition coefficient (Wildman–Crippen LogP) is 2.75. The molecule has 4 aromatic rings. The van der Waals surface area contributed by atoms with Crippen molar-refractivity contribution in [1.29, 1.82) is 0 Å². The Bertz CT molecular complexity index is 1450. The number of piperidine rings is 2. The number of nitrogens with one attached hydrogen (secondary N) is 1. The first-order valence-electron chi connectivity index (χ1n) is 11.6. The van der Waals surface area contributed by atoms with Crippen LogP contribution in [0.5, 0.6) is 0 Å². The minimum atomic E-state index is -0.643. The number of hydrogen-bond acceptors (Lipinski definition) is 8. The molecule has 2 fully saturated rings. The Hall–Kier alpha value is -4.03. The molecule has 0 spiro atoms. The Balaban J connectivity index is 1.66. The van der Waals surface area contributed by atoms with Crippen LogP contribution in [0.2, 0.25) is 0 Å². The van der Waals surface area contributed by atoms with E-state index in [1.54, 1.807) is 4.52 Å². The molecule has 13 nitrogen and oxygen atoms in total. The first-order valence-corrected chi connectivity index (χ1v) is 11.6. The van der Waals surface area contributed by atoms with Crippen LogP contribution in [0.3, 0.4) is 0 Å². The van der Waals surface area contributed by atoms with E-state index in [0.29, 0.717) is 5.65 Å². The van der Waals surface area contributed by atoms with Crippen LogP contribution in [0.1, 0.15) is 38.5 Å². The highest BCUT2D eigenvalue weighted by Gasteiger charge is 2.32. The third kappa shape index (κ3) is 3.18. The van der Waals surface area contributed by atoms with Crippen molar-refractivity contribution in [3.63, 3.8) is 0 Å². The van der Waals surface area contributed by atoms with E-state index in [0.717, 1.165) is 75.0 Å². The number of rotatable bonds is 4. The molecule has 0 bridgehead atoms. The standard InChI is InChI=1S/C21H24N9O4/c31-28(32)14-11-16-19(17(12-14)29(33)34)23-30-24-20-15(25-7-3-1-4-8-25)13-18(22-21(20)27(16)30)26-9-5-2-6-10-26/h11-13H,1-10H2,(H,23,24)/q+1. The lowest BCUT2D eigenvalue weighted by molar-refractivity contribution is -0.575. The molecular weight excluding hydrogens is 442 g/mol. The summed E-state index contributed by atoms with van der Waals surface area (Å²) in [5.41, 5.74) is 1.87. The predicted molar refractivity (Wildman–Crippen MR) is 123 cm³/mol. The molecule has 0 aliphatic carbocycles. The zero-order valence-electron chi connectivity index (χ0n) is 18.5. The summed E-state index contributed by atoms with van der Waals surface area (Å²) in [5.74, 6) is 0.844. The fourth-order valence-corrected chi connectivity index (χ4v) is 5.15. The van der Waals surface area contributed by atoms with Gasteiger partial charge >= 0.3 is 5.69 Å². The molecule has 2 saturated heterocycles. The molecule has 34 heavy (non-hydrogen) atoms. The fourth-order valence-electron chi connectivity index (χ4n) is 5.15. The first-order chi connectivity index (χ1) is 16.5. The van der Waals surface area contributed by atoms with Crippen LogP contribution in [0.25, 0.3) is 22.2 Å². The van der Waals surface area contributed by atoms with Crippen LogP contribution in [0.4, 0.5) is 22.9 Å². The summed E-state index contributed by atoms with van der Waals surface area (Å²) >= 11 is 0. The van der Waals surface area contributed by atoms with E-state index in [4.69, 9.17) is 4.98 Å². The van der Waals surface area contributed by atoms with Crippen molar-refractivity contribution in [2.75, 3.05) is 36.0 Å². The number of aromatic nitrogens is 5. The second-order valence-electron chi connectivity index (χ2n) is 8.95. The molecule has 0 amide bonds. The van der Waals surface area contributed by atoms with Gasteiger partial charge in [0.2, 0.25) is 0 Å². The van der Waals surface area contributed by atoms with Crippen molar-refractivity contribution in [2.24, 2.45) is 0 Å². The van der Waals surface area contributed by atoms with E-state index >= 15 is 0 Å². The monoisotopic (exact) mass is 466 g/mol. The van der Waals surface area contributed by atoms with E-state index in [9.17, 15) is 20.2 Å². The number of anilines is 2. The number of pyridine rings is 1. The average Bonchev–Trinajstić information content (AvgIpc) is 3.40. The summed E-state index contributed by atoms with van der Waals surface area (Å²) in [7, 11) is 0. The van der Waals surface area contributed by atoms with Gasteiger partial charge in [0.1, 0.15) is 0 Å². The molecule has 0 radical (unpaired) electrons. The Morgan fingerprint density at radius 3 is 2.21 bits per heavy atom. The normalized spacial score (nSPS) is 17.2. The number of benzene rings is 1. The molecule has 1 aromatic carbocycles. The highest BCUT2D eigenvalue weighted by molar-refractivity contribution is 5.89. The number of nitrogens with zero attached hydrogens (tertiary/aromatic N) is 8. The van der Waals surface area contributed by atoms with Crippen molar-refractivity contribution >= 4 is 45.1 Å². The molecule has 176 valence electrons. The number of hydrogen-bond donors (Lipinski definition) is 1. The van der Waals surface area contributed by atoms with Crippen LogP contribution in [0, 0.1) is 20.2 Å². The number of nitro benzene ring substituents is 2. The smallest absolute Gasteiger partial charge is 0.319 e. The van der Waals surface area contributed by atoms with E-state index in [-0.39, 0.29) is 16.7 Å². The molecule has 3 aromatic heterocycles. The molecule has 2 aliphatic rings. The van der Waals surface area contributed by atoms with Gasteiger partial charge in [-0.2, -0.15) is 5.10 Å². The molecular formula is C21H24N9O4+. The Morgan fingerprint density at radius 1 is 0.882 bits per heavy atom. The Kier molecular flexibility index (Phi) is 4.71. The van der Waals surface area contributed by atoms with Gasteiger partial charge in [-0.1, -0.05) is 0 Å². The van der Waals surface area contributed by atoms with Gasteiger partial charge in [0, 0.05) is 37.0 Å². The number of non-ortho nitro benzene ring substituents is 2. The van der Waals surface area contributed by atoms with E-state index in [2.05, 4.69) is 26.1 Å². The van der Waals surface area contributed by atoms with Crippen molar-refractivity contribution in [3.05, 3.63) is 38.4 Å². The summed E-state index contributed by atoms with van der Waals surface area (Å²) < 4.78 is 3.00. The number of aromatic amines is 1. The zero-order chi connectivity index (χ0) is 23.4. The Morgan fingerprint density at radius 2 is 1.56 bits per heavy atom. The van der Waals surface area contributed by atoms with E-state index < -0.39 is 15.5 Å². The van der Waals surface area contributed by atoms with Crippen molar-refractivity contribution < 1.29 is 14.4 Å².